The van der Waals surface area contributed by atoms with Gasteiger partial charge in [-0.25, -0.2) is 0 Å². The van der Waals surface area contributed by atoms with Crippen LogP contribution in [0.1, 0.15) is 29.8 Å². The van der Waals surface area contributed by atoms with Crippen molar-refractivity contribution in [2.75, 3.05) is 38.0 Å². The second-order valence-electron chi connectivity index (χ2n) is 7.77. The Labute approximate surface area is 173 Å². The molecule has 3 rings (SSSR count). The summed E-state index contributed by atoms with van der Waals surface area (Å²) in [5, 5.41) is 2.97. The Hall–Kier alpha value is -2.76. The van der Waals surface area contributed by atoms with Gasteiger partial charge in [0, 0.05) is 11.3 Å². The topological polar surface area (TPSA) is 55.0 Å². The first-order chi connectivity index (χ1) is 14.0. The maximum atomic E-state index is 12.7. The highest BCUT2D eigenvalue weighted by molar-refractivity contribution is 5.97. The van der Waals surface area contributed by atoms with Crippen LogP contribution >= 0.6 is 0 Å². The van der Waals surface area contributed by atoms with Crippen molar-refractivity contribution in [2.45, 2.75) is 19.9 Å². The molecule has 3 N–H and O–H groups in total. The van der Waals surface area contributed by atoms with Crippen LogP contribution < -0.4 is 15.1 Å². The maximum absolute atomic E-state index is 12.7. The number of ketones is 1. The molecule has 1 aliphatic rings. The van der Waals surface area contributed by atoms with Crippen molar-refractivity contribution in [2.24, 2.45) is 0 Å². The monoisotopic (exact) mass is 393 g/mol. The molecule has 1 heterocycles. The number of benzene rings is 2. The summed E-state index contributed by atoms with van der Waals surface area (Å²) in [7, 11) is 0. The molecule has 2 aromatic carbocycles. The molecule has 0 spiro atoms. The van der Waals surface area contributed by atoms with Crippen molar-refractivity contribution in [3.8, 4) is 0 Å². The van der Waals surface area contributed by atoms with Crippen molar-refractivity contribution < 1.29 is 19.4 Å². The number of anilines is 1. The largest absolute Gasteiger partial charge is 0.322 e. The maximum Gasteiger partial charge on any atom is 0.282 e. The van der Waals surface area contributed by atoms with Crippen molar-refractivity contribution in [1.82, 2.24) is 0 Å². The van der Waals surface area contributed by atoms with Crippen LogP contribution in [0.4, 0.5) is 5.69 Å². The summed E-state index contributed by atoms with van der Waals surface area (Å²) in [6.07, 6.45) is 4.42. The Balaban J connectivity index is 1.46. The van der Waals surface area contributed by atoms with E-state index in [1.54, 1.807) is 23.1 Å². The molecular formula is C24H31N3O2+2. The molecule has 1 atom stereocenters. The van der Waals surface area contributed by atoms with E-state index in [1.807, 2.05) is 19.1 Å². The number of rotatable bonds is 7. The molecule has 152 valence electrons. The average Bonchev–Trinajstić information content (AvgIpc) is 2.74. The lowest BCUT2D eigenvalue weighted by Crippen LogP contribution is -3.29. The summed E-state index contributed by atoms with van der Waals surface area (Å²) in [4.78, 5) is 27.1. The van der Waals surface area contributed by atoms with Gasteiger partial charge in [-0.2, -0.15) is 0 Å². The number of carbonyl (C=O) groups excluding carboxylic acids is 2. The average molecular weight is 394 g/mol. The molecule has 1 fully saturated rings. The van der Waals surface area contributed by atoms with Crippen LogP contribution in [0.3, 0.4) is 0 Å². The van der Waals surface area contributed by atoms with Crippen LogP contribution in [-0.4, -0.2) is 50.5 Å². The predicted molar refractivity (Wildman–Crippen MR) is 116 cm³/mol. The molecule has 29 heavy (non-hydrogen) atoms. The zero-order valence-electron chi connectivity index (χ0n) is 17.3. The Kier molecular flexibility index (Phi) is 7.33. The molecular weight excluding hydrogens is 362 g/mol. The van der Waals surface area contributed by atoms with Gasteiger partial charge in [0.15, 0.2) is 11.8 Å². The van der Waals surface area contributed by atoms with Gasteiger partial charge in [0.1, 0.15) is 26.2 Å². The van der Waals surface area contributed by atoms with Gasteiger partial charge in [0.05, 0.1) is 6.54 Å². The van der Waals surface area contributed by atoms with Gasteiger partial charge in [-0.3, -0.25) is 9.59 Å². The zero-order chi connectivity index (χ0) is 20.6. The van der Waals surface area contributed by atoms with E-state index < -0.39 is 0 Å². The molecule has 0 bridgehead atoms. The second kappa shape index (κ2) is 10.1. The van der Waals surface area contributed by atoms with E-state index in [4.69, 9.17) is 0 Å². The van der Waals surface area contributed by atoms with Gasteiger partial charge in [0.2, 0.25) is 0 Å². The highest BCUT2D eigenvalue weighted by atomic mass is 16.2. The molecule has 0 aromatic heterocycles. The second-order valence-corrected chi connectivity index (χ2v) is 7.77. The highest BCUT2D eigenvalue weighted by Crippen LogP contribution is 2.11. The number of hydrogen-bond donors (Lipinski definition) is 3. The van der Waals surface area contributed by atoms with Crippen LogP contribution in [0.5, 0.6) is 0 Å². The molecule has 5 heteroatoms. The first-order valence-corrected chi connectivity index (χ1v) is 10.3. The number of nitrogens with one attached hydrogen (secondary N) is 3. The number of Topliss-reactive ketones (excluding diaryl/α,β-unsaturated/α-hetero) is 1. The number of quaternary nitrogens is 2. The Morgan fingerprint density at radius 3 is 2.45 bits per heavy atom. The SMILES string of the molecule is CC(=O)c1cccc(NC(=O)[C@H](C)[NH+]2CC[NH+](C/C=C/c3ccccc3)CC2)c1. The van der Waals surface area contributed by atoms with Gasteiger partial charge in [-0.05, 0) is 37.6 Å². The summed E-state index contributed by atoms with van der Waals surface area (Å²) >= 11 is 0. The number of hydrogen-bond acceptors (Lipinski definition) is 2. The van der Waals surface area contributed by atoms with Gasteiger partial charge in [-0.1, -0.05) is 48.5 Å². The van der Waals surface area contributed by atoms with Crippen molar-refractivity contribution >= 4 is 23.5 Å². The Bertz CT molecular complexity index is 855. The van der Waals surface area contributed by atoms with Gasteiger partial charge in [-0.15, -0.1) is 0 Å². The fourth-order valence-electron chi connectivity index (χ4n) is 3.74. The predicted octanol–water partition coefficient (Wildman–Crippen LogP) is 0.713. The third kappa shape index (κ3) is 6.11. The van der Waals surface area contributed by atoms with Crippen LogP contribution in [0.15, 0.2) is 60.7 Å². The standard InChI is InChI=1S/C24H29N3O2/c1-19(24(29)25-23-12-6-11-22(18-23)20(2)28)27-16-14-26(15-17-27)13-7-10-21-8-4-3-5-9-21/h3-12,18-19H,13-17H2,1-2H3,(H,25,29)/p+2/b10-7+/t19-/m0/s1. The molecule has 0 radical (unpaired) electrons. The molecule has 2 aromatic rings. The summed E-state index contributed by atoms with van der Waals surface area (Å²) in [5.74, 6) is 0.00769. The van der Waals surface area contributed by atoms with E-state index >= 15 is 0 Å². The van der Waals surface area contributed by atoms with E-state index in [9.17, 15) is 9.59 Å². The molecule has 1 saturated heterocycles. The molecule has 1 aliphatic heterocycles. The summed E-state index contributed by atoms with van der Waals surface area (Å²) in [5.41, 5.74) is 2.53. The number of amides is 1. The van der Waals surface area contributed by atoms with E-state index in [-0.39, 0.29) is 17.7 Å². The van der Waals surface area contributed by atoms with E-state index in [1.165, 1.54) is 17.4 Å². The Morgan fingerprint density at radius 1 is 1.03 bits per heavy atom. The molecule has 5 nitrogen and oxygen atoms in total. The van der Waals surface area contributed by atoms with Gasteiger partial charge < -0.3 is 15.1 Å². The van der Waals surface area contributed by atoms with E-state index in [2.05, 4.69) is 41.7 Å². The lowest BCUT2D eigenvalue weighted by Gasteiger charge is -2.32. The first kappa shape index (κ1) is 21.0. The molecule has 0 saturated carbocycles. The van der Waals surface area contributed by atoms with Gasteiger partial charge >= 0.3 is 0 Å². The lowest BCUT2D eigenvalue weighted by molar-refractivity contribution is -1.02. The van der Waals surface area contributed by atoms with Crippen LogP contribution in [-0.2, 0) is 4.79 Å². The normalized spacial score (nSPS) is 20.3. The smallest absolute Gasteiger partial charge is 0.282 e. The van der Waals surface area contributed by atoms with E-state index in [0.717, 1.165) is 32.7 Å². The molecule has 0 aliphatic carbocycles. The first-order valence-electron chi connectivity index (χ1n) is 10.3. The lowest BCUT2D eigenvalue weighted by atomic mass is 10.1. The third-order valence-corrected chi connectivity index (χ3v) is 5.66. The van der Waals surface area contributed by atoms with Crippen LogP contribution in [0, 0.1) is 0 Å². The summed E-state index contributed by atoms with van der Waals surface area (Å²) < 4.78 is 0. The molecule has 0 unspecified atom stereocenters. The summed E-state index contributed by atoms with van der Waals surface area (Å²) in [6.45, 7) is 8.62. The van der Waals surface area contributed by atoms with E-state index in [0.29, 0.717) is 11.3 Å². The van der Waals surface area contributed by atoms with Gasteiger partial charge in [0.25, 0.3) is 5.91 Å². The zero-order valence-corrected chi connectivity index (χ0v) is 17.3. The fraction of sp³-hybridized carbons (Fsp3) is 0.333. The summed E-state index contributed by atoms with van der Waals surface area (Å²) in [6, 6.07) is 17.4. The third-order valence-electron chi connectivity index (χ3n) is 5.66. The minimum Gasteiger partial charge on any atom is -0.322 e. The van der Waals surface area contributed by atoms with Crippen molar-refractivity contribution in [3.63, 3.8) is 0 Å². The highest BCUT2D eigenvalue weighted by Gasteiger charge is 2.30. The quantitative estimate of drug-likeness (QED) is 0.607. The Morgan fingerprint density at radius 2 is 1.76 bits per heavy atom. The minimum atomic E-state index is -0.114. The molecule has 1 amide bonds. The number of piperazine rings is 1. The fourth-order valence-corrected chi connectivity index (χ4v) is 3.74. The minimum absolute atomic E-state index is 0.000170. The van der Waals surface area contributed by atoms with Crippen LogP contribution in [0.2, 0.25) is 0 Å². The van der Waals surface area contributed by atoms with Crippen LogP contribution in [0.25, 0.3) is 6.08 Å². The van der Waals surface area contributed by atoms with Crippen molar-refractivity contribution in [1.29, 1.82) is 0 Å². The van der Waals surface area contributed by atoms with Crippen molar-refractivity contribution in [3.05, 3.63) is 71.8 Å². The number of carbonyl (C=O) groups is 2.